The summed E-state index contributed by atoms with van der Waals surface area (Å²) in [5.74, 6) is 0.0544. The second-order valence-corrected chi connectivity index (χ2v) is 9.65. The summed E-state index contributed by atoms with van der Waals surface area (Å²) < 4.78 is 32.9. The van der Waals surface area contributed by atoms with Gasteiger partial charge in [0.25, 0.3) is 5.91 Å². The molecule has 1 fully saturated rings. The van der Waals surface area contributed by atoms with Crippen LogP contribution in [0.25, 0.3) is 10.9 Å². The van der Waals surface area contributed by atoms with E-state index in [1.54, 1.807) is 18.2 Å². The maximum atomic E-state index is 15.3. The van der Waals surface area contributed by atoms with Crippen molar-refractivity contribution >= 4 is 28.5 Å². The number of carbonyl (C=O) groups is 2. The Morgan fingerprint density at radius 1 is 0.833 bits per heavy atom. The maximum Gasteiger partial charge on any atom is 0.332 e. The number of fused-ring (bicyclic) bond motifs is 1. The molecule has 4 aromatic carbocycles. The normalized spacial score (nSPS) is 13.1. The zero-order valence-electron chi connectivity index (χ0n) is 22.7. The zero-order valence-corrected chi connectivity index (χ0v) is 22.7. The lowest BCUT2D eigenvalue weighted by atomic mass is 10.1. The fourth-order valence-corrected chi connectivity index (χ4v) is 4.85. The van der Waals surface area contributed by atoms with E-state index in [0.717, 1.165) is 22.1 Å². The van der Waals surface area contributed by atoms with Gasteiger partial charge in [0, 0.05) is 24.2 Å². The summed E-state index contributed by atoms with van der Waals surface area (Å²) in [5.41, 5.74) is 2.52. The van der Waals surface area contributed by atoms with Crippen LogP contribution in [0.5, 0.6) is 23.0 Å². The minimum atomic E-state index is -0.727. The zero-order chi connectivity index (χ0) is 29.1. The van der Waals surface area contributed by atoms with Crippen LogP contribution in [0.1, 0.15) is 11.1 Å². The molecule has 0 aliphatic carbocycles. The molecule has 2 heterocycles. The maximum absolute atomic E-state index is 15.3. The molecular weight excluding hydrogens is 537 g/mol. The fourth-order valence-electron chi connectivity index (χ4n) is 4.85. The molecule has 0 atom stereocenters. The van der Waals surface area contributed by atoms with E-state index in [0.29, 0.717) is 34.8 Å². The van der Waals surface area contributed by atoms with Crippen LogP contribution in [0.15, 0.2) is 103 Å². The summed E-state index contributed by atoms with van der Waals surface area (Å²) in [5, 5.41) is 0.589. The lowest BCUT2D eigenvalue weighted by Gasteiger charge is -2.18. The molecule has 0 unspecified atom stereocenters. The molecule has 0 radical (unpaired) electrons. The second-order valence-electron chi connectivity index (χ2n) is 9.65. The molecule has 0 N–H and O–H groups in total. The molecule has 0 bridgehead atoms. The first-order valence-corrected chi connectivity index (χ1v) is 13.3. The molecule has 1 aliphatic rings. The monoisotopic (exact) mass is 563 g/mol. The predicted octanol–water partition coefficient (Wildman–Crippen LogP) is 6.72. The molecule has 6 rings (SSSR count). The predicted molar refractivity (Wildman–Crippen MR) is 155 cm³/mol. The van der Waals surface area contributed by atoms with Crippen molar-refractivity contribution in [3.63, 3.8) is 0 Å². The molecule has 1 aromatic heterocycles. The number of benzene rings is 4. The Hall–Kier alpha value is -5.44. The molecule has 8 nitrogen and oxygen atoms in total. The van der Waals surface area contributed by atoms with Crippen LogP contribution in [-0.2, 0) is 17.9 Å². The highest BCUT2D eigenvalue weighted by Gasteiger charge is 2.37. The van der Waals surface area contributed by atoms with E-state index >= 15 is 4.39 Å². The molecule has 1 aliphatic heterocycles. The number of ether oxygens (including phenoxy) is 3. The quantitative estimate of drug-likeness (QED) is 0.185. The smallest absolute Gasteiger partial charge is 0.332 e. The van der Waals surface area contributed by atoms with Crippen LogP contribution in [0.3, 0.4) is 0 Å². The van der Waals surface area contributed by atoms with Gasteiger partial charge in [0.1, 0.15) is 24.4 Å². The van der Waals surface area contributed by atoms with Gasteiger partial charge in [-0.1, -0.05) is 60.7 Å². The number of methoxy groups -OCH3 is 1. The van der Waals surface area contributed by atoms with Crippen molar-refractivity contribution in [2.75, 3.05) is 18.6 Å². The second kappa shape index (κ2) is 11.6. The number of pyridine rings is 1. The highest BCUT2D eigenvalue weighted by molar-refractivity contribution is 6.19. The third-order valence-corrected chi connectivity index (χ3v) is 6.88. The van der Waals surface area contributed by atoms with Gasteiger partial charge < -0.3 is 19.1 Å². The lowest BCUT2D eigenvalue weighted by Crippen LogP contribution is -2.32. The van der Waals surface area contributed by atoms with E-state index < -0.39 is 17.8 Å². The number of rotatable bonds is 9. The number of hydrogen-bond donors (Lipinski definition) is 0. The Labute approximate surface area is 241 Å². The van der Waals surface area contributed by atoms with Gasteiger partial charge in [0.05, 0.1) is 12.8 Å². The highest BCUT2D eigenvalue weighted by atomic mass is 19.1. The first-order chi connectivity index (χ1) is 20.5. The number of halogens is 1. The molecule has 1 saturated heterocycles. The average Bonchev–Trinajstić information content (AvgIpc) is 3.29. The van der Waals surface area contributed by atoms with Gasteiger partial charge in [0.15, 0.2) is 23.1 Å². The van der Waals surface area contributed by atoms with Gasteiger partial charge in [-0.3, -0.25) is 9.78 Å². The fraction of sp³-hybridized carbons (Fsp3) is 0.121. The van der Waals surface area contributed by atoms with E-state index in [-0.39, 0.29) is 24.5 Å². The SMILES string of the molecule is COc1c(OCc2ccccc2)ccc2c(Oc3ccc(N4C(=O)CN(Cc5ccccc5)C4=O)cc3F)ccnc12. The summed E-state index contributed by atoms with van der Waals surface area (Å²) in [6.45, 7) is 0.543. The van der Waals surface area contributed by atoms with Crippen LogP contribution in [-0.4, -0.2) is 35.5 Å². The van der Waals surface area contributed by atoms with E-state index in [2.05, 4.69) is 4.98 Å². The van der Waals surface area contributed by atoms with Crippen LogP contribution in [0, 0.1) is 5.82 Å². The molecule has 42 heavy (non-hydrogen) atoms. The number of aromatic nitrogens is 1. The minimum absolute atomic E-state index is 0.0742. The molecule has 9 heteroatoms. The van der Waals surface area contributed by atoms with Gasteiger partial charge in [-0.05, 0) is 41.5 Å². The third kappa shape index (κ3) is 5.32. The third-order valence-electron chi connectivity index (χ3n) is 6.88. The first-order valence-electron chi connectivity index (χ1n) is 13.3. The first kappa shape index (κ1) is 26.8. The van der Waals surface area contributed by atoms with E-state index in [4.69, 9.17) is 14.2 Å². The molecule has 5 aromatic rings. The van der Waals surface area contributed by atoms with Gasteiger partial charge >= 0.3 is 6.03 Å². The van der Waals surface area contributed by atoms with Crippen molar-refractivity contribution in [3.05, 3.63) is 120 Å². The molecule has 210 valence electrons. The number of urea groups is 1. The van der Waals surface area contributed by atoms with E-state index in [1.807, 2.05) is 60.7 Å². The van der Waals surface area contributed by atoms with E-state index in [9.17, 15) is 9.59 Å². The highest BCUT2D eigenvalue weighted by Crippen LogP contribution is 2.40. The minimum Gasteiger partial charge on any atom is -0.491 e. The van der Waals surface area contributed by atoms with Crippen LogP contribution in [0.2, 0.25) is 0 Å². The molecule has 0 spiro atoms. The summed E-state index contributed by atoms with van der Waals surface area (Å²) in [7, 11) is 1.53. The largest absolute Gasteiger partial charge is 0.491 e. The Morgan fingerprint density at radius 2 is 1.55 bits per heavy atom. The Kier molecular flexibility index (Phi) is 7.38. The topological polar surface area (TPSA) is 81.2 Å². The van der Waals surface area contributed by atoms with Gasteiger partial charge in [-0.15, -0.1) is 0 Å². The van der Waals surface area contributed by atoms with Crippen LogP contribution in [0.4, 0.5) is 14.9 Å². The number of nitrogens with zero attached hydrogens (tertiary/aromatic N) is 3. The van der Waals surface area contributed by atoms with Crippen molar-refractivity contribution in [2.24, 2.45) is 0 Å². The number of amides is 3. The molecular formula is C33H26FN3O5. The lowest BCUT2D eigenvalue weighted by molar-refractivity contribution is -0.116. The van der Waals surface area contributed by atoms with Gasteiger partial charge in [-0.2, -0.15) is 0 Å². The average molecular weight is 564 g/mol. The number of anilines is 1. The van der Waals surface area contributed by atoms with Crippen molar-refractivity contribution in [1.82, 2.24) is 9.88 Å². The summed E-state index contributed by atoms with van der Waals surface area (Å²) in [6.07, 6.45) is 1.54. The summed E-state index contributed by atoms with van der Waals surface area (Å²) >= 11 is 0. The Bertz CT molecular complexity index is 1760. The van der Waals surface area contributed by atoms with Crippen LogP contribution < -0.4 is 19.1 Å². The number of imide groups is 1. The molecule has 0 saturated carbocycles. The van der Waals surface area contributed by atoms with Crippen molar-refractivity contribution in [2.45, 2.75) is 13.2 Å². The van der Waals surface area contributed by atoms with E-state index in [1.165, 1.54) is 30.3 Å². The van der Waals surface area contributed by atoms with Gasteiger partial charge in [-0.25, -0.2) is 14.1 Å². The number of hydrogen-bond acceptors (Lipinski definition) is 6. The van der Waals surface area contributed by atoms with Crippen molar-refractivity contribution < 1.29 is 28.2 Å². The summed E-state index contributed by atoms with van der Waals surface area (Å²) in [4.78, 5) is 32.6. The standard InChI is InChI=1S/C33H26FN3O5/c1-40-32-29(41-21-23-10-6-3-7-11-23)15-13-25-27(16-17-35-31(25)32)42-28-14-12-24(18-26(28)34)37-30(38)20-36(33(37)39)19-22-8-4-2-5-9-22/h2-18H,19-21H2,1H3. The molecule has 3 amide bonds. The number of carbonyl (C=O) groups excluding carboxylic acids is 2. The Balaban J connectivity index is 1.22. The van der Waals surface area contributed by atoms with Crippen molar-refractivity contribution in [1.29, 1.82) is 0 Å². The van der Waals surface area contributed by atoms with Crippen LogP contribution >= 0.6 is 0 Å². The van der Waals surface area contributed by atoms with Crippen molar-refractivity contribution in [3.8, 4) is 23.0 Å². The Morgan fingerprint density at radius 3 is 2.26 bits per heavy atom. The van der Waals surface area contributed by atoms with Gasteiger partial charge in [0.2, 0.25) is 0 Å². The summed E-state index contributed by atoms with van der Waals surface area (Å²) in [6, 6.07) is 27.8.